The van der Waals surface area contributed by atoms with E-state index in [9.17, 15) is 29.1 Å². The number of nitrogens with zero attached hydrogens (tertiary/aromatic N) is 3. The fourth-order valence-electron chi connectivity index (χ4n) is 7.52. The van der Waals surface area contributed by atoms with Gasteiger partial charge in [-0.25, -0.2) is 4.98 Å². The maximum absolute atomic E-state index is 14.6. The highest BCUT2D eigenvalue weighted by Gasteiger charge is 2.43. The number of likely N-dealkylation sites (N-methyl/N-ethyl adjacent to an activating group) is 1. The summed E-state index contributed by atoms with van der Waals surface area (Å²) in [6.07, 6.45) is 3.87. The van der Waals surface area contributed by atoms with Gasteiger partial charge in [0.2, 0.25) is 5.91 Å². The fraction of sp³-hybridized carbons (Fsp3) is 0.667. The lowest BCUT2D eigenvalue weighted by molar-refractivity contribution is -0.150. The highest BCUT2D eigenvalue weighted by molar-refractivity contribution is 7.09. The molecule has 0 bridgehead atoms. The van der Waals surface area contributed by atoms with Crippen molar-refractivity contribution in [3.63, 3.8) is 0 Å². The van der Waals surface area contributed by atoms with Crippen molar-refractivity contribution in [3.05, 3.63) is 51.5 Å². The van der Waals surface area contributed by atoms with Crippen LogP contribution in [0.5, 0.6) is 0 Å². The summed E-state index contributed by atoms with van der Waals surface area (Å²) in [5.74, 6) is -3.07. The molecule has 0 aliphatic carbocycles. The summed E-state index contributed by atoms with van der Waals surface area (Å²) in [7, 11) is 2.00. The number of amides is 2. The molecule has 1 aliphatic rings. The van der Waals surface area contributed by atoms with E-state index in [0.29, 0.717) is 18.0 Å². The number of nitrogens with one attached hydrogen (secondary N) is 1. The van der Waals surface area contributed by atoms with Gasteiger partial charge in [0.05, 0.1) is 11.5 Å². The number of carboxylic acid groups (broad SMARTS) is 1. The van der Waals surface area contributed by atoms with Gasteiger partial charge in [-0.15, -0.1) is 11.3 Å². The number of ketones is 1. The van der Waals surface area contributed by atoms with E-state index >= 15 is 0 Å². The topological polar surface area (TPSA) is 146 Å². The summed E-state index contributed by atoms with van der Waals surface area (Å²) >= 11 is 1.20. The number of benzene rings is 1. The Kier molecular flexibility index (Phi) is 16.8. The number of piperidine rings is 1. The number of aliphatic carboxylic acids is 1. The van der Waals surface area contributed by atoms with Gasteiger partial charge in [-0.2, -0.15) is 0 Å². The van der Waals surface area contributed by atoms with Gasteiger partial charge in [-0.1, -0.05) is 70.9 Å². The highest BCUT2D eigenvalue weighted by Crippen LogP contribution is 2.35. The van der Waals surface area contributed by atoms with Gasteiger partial charge in [-0.3, -0.25) is 28.9 Å². The van der Waals surface area contributed by atoms with E-state index in [2.05, 4.69) is 15.2 Å². The number of Topliss-reactive ketones (excluding diaryl/α,β-unsaturated/α-hetero) is 1. The van der Waals surface area contributed by atoms with E-state index < -0.39 is 47.4 Å². The van der Waals surface area contributed by atoms with Crippen LogP contribution in [0.15, 0.2) is 29.6 Å². The number of likely N-dealkylation sites (tertiary alicyclic amines) is 1. The summed E-state index contributed by atoms with van der Waals surface area (Å²) in [6, 6.07) is 7.10. The number of carboxylic acids is 1. The lowest BCUT2D eigenvalue weighted by Gasteiger charge is -2.43. The van der Waals surface area contributed by atoms with Crippen molar-refractivity contribution in [1.29, 1.82) is 0 Å². The fourth-order valence-corrected chi connectivity index (χ4v) is 8.36. The Labute approximate surface area is 326 Å². The van der Waals surface area contributed by atoms with Crippen molar-refractivity contribution >= 4 is 40.9 Å². The van der Waals surface area contributed by atoms with E-state index in [1.807, 2.05) is 84.7 Å². The lowest BCUT2D eigenvalue weighted by atomic mass is 9.77. The maximum atomic E-state index is 14.6. The minimum absolute atomic E-state index is 0.0153. The zero-order chi connectivity index (χ0) is 40.3. The molecule has 0 spiro atoms. The molecule has 300 valence electrons. The van der Waals surface area contributed by atoms with Crippen LogP contribution in [0.2, 0.25) is 0 Å². The van der Waals surface area contributed by atoms with E-state index in [1.54, 1.807) is 12.3 Å². The van der Waals surface area contributed by atoms with Crippen molar-refractivity contribution in [2.75, 3.05) is 20.1 Å². The van der Waals surface area contributed by atoms with Crippen LogP contribution >= 0.6 is 11.3 Å². The zero-order valence-corrected chi connectivity index (χ0v) is 35.0. The van der Waals surface area contributed by atoms with Crippen LogP contribution < -0.4 is 5.32 Å². The Hall–Kier alpha value is -3.64. The van der Waals surface area contributed by atoms with Gasteiger partial charge >= 0.3 is 11.9 Å². The minimum Gasteiger partial charge on any atom is -0.481 e. The minimum atomic E-state index is -0.939. The third kappa shape index (κ3) is 11.9. The Morgan fingerprint density at radius 3 is 2.28 bits per heavy atom. The molecule has 11 nitrogen and oxygen atoms in total. The van der Waals surface area contributed by atoms with Gasteiger partial charge in [-0.05, 0) is 83.9 Å². The quantitative estimate of drug-likeness (QED) is 0.133. The molecule has 1 aromatic carbocycles. The van der Waals surface area contributed by atoms with E-state index in [1.165, 1.54) is 18.3 Å². The van der Waals surface area contributed by atoms with Crippen molar-refractivity contribution in [2.45, 2.75) is 137 Å². The molecule has 2 amide bonds. The Bertz CT molecular complexity index is 1580. The van der Waals surface area contributed by atoms with Crippen molar-refractivity contribution in [2.24, 2.45) is 23.7 Å². The molecule has 12 heteroatoms. The normalized spacial score (nSPS) is 19.6. The number of ether oxygens (including phenoxy) is 1. The average molecular weight is 769 g/mol. The highest BCUT2D eigenvalue weighted by atomic mass is 32.1. The summed E-state index contributed by atoms with van der Waals surface area (Å²) in [5.41, 5.74) is 1.63. The van der Waals surface area contributed by atoms with Gasteiger partial charge in [0.15, 0.2) is 11.9 Å². The average Bonchev–Trinajstić information content (AvgIpc) is 3.62. The molecule has 1 aliphatic heterocycles. The first kappa shape index (κ1) is 44.8. The molecule has 0 unspecified atom stereocenters. The summed E-state index contributed by atoms with van der Waals surface area (Å²) in [5, 5.41) is 14.6. The first-order valence-electron chi connectivity index (χ1n) is 19.7. The van der Waals surface area contributed by atoms with Gasteiger partial charge in [0.1, 0.15) is 10.7 Å². The molecule has 54 heavy (non-hydrogen) atoms. The van der Waals surface area contributed by atoms with Crippen molar-refractivity contribution in [3.8, 4) is 0 Å². The Morgan fingerprint density at radius 2 is 1.72 bits per heavy atom. The number of carbonyl (C=O) groups is 5. The maximum Gasteiger partial charge on any atom is 0.306 e. The van der Waals surface area contributed by atoms with E-state index in [0.717, 1.165) is 43.4 Å². The number of thiazole rings is 1. The molecule has 0 saturated carbocycles. The standard InChI is InChI=1S/C42H64N4O7S/c1-11-28(6)33(23-37(48)42(9)19-13-14-20-45(42)10)40(50)46(12-2)35(26(3)4)24-36(53-30(8)47)39-44-34(25-54-39)38(49)43-32(21-29(7)41(51)52)22-31-17-15-27(5)16-18-31/h15-18,25-26,28-29,32-33,35-36H,11-14,19-24H2,1-10H3,(H,43,49)(H,51,52)/t28-,29-,32+,33-,35+,36+,42+/m0/s1. The Morgan fingerprint density at radius 1 is 1.06 bits per heavy atom. The smallest absolute Gasteiger partial charge is 0.306 e. The molecular formula is C42H64N4O7S. The van der Waals surface area contributed by atoms with Gasteiger partial charge < -0.3 is 20.1 Å². The summed E-state index contributed by atoms with van der Waals surface area (Å²) in [4.78, 5) is 74.9. The number of aromatic nitrogens is 1. The van der Waals surface area contributed by atoms with Crippen molar-refractivity contribution < 1.29 is 33.8 Å². The molecule has 1 saturated heterocycles. The van der Waals surface area contributed by atoms with Crippen LogP contribution in [0.4, 0.5) is 0 Å². The van der Waals surface area contributed by atoms with Crippen LogP contribution in [-0.2, 0) is 30.3 Å². The Balaban J connectivity index is 1.87. The molecule has 3 rings (SSSR count). The predicted molar refractivity (Wildman–Crippen MR) is 212 cm³/mol. The van der Waals surface area contributed by atoms with E-state index in [-0.39, 0.29) is 54.5 Å². The van der Waals surface area contributed by atoms with Crippen LogP contribution in [0.25, 0.3) is 0 Å². The number of aryl methyl sites for hydroxylation is 1. The van der Waals surface area contributed by atoms with Gasteiger partial charge in [0, 0.05) is 49.7 Å². The van der Waals surface area contributed by atoms with Crippen LogP contribution in [0.3, 0.4) is 0 Å². The van der Waals surface area contributed by atoms with Crippen LogP contribution in [0.1, 0.15) is 133 Å². The van der Waals surface area contributed by atoms with Crippen molar-refractivity contribution in [1.82, 2.24) is 20.1 Å². The number of rotatable bonds is 20. The third-order valence-corrected chi connectivity index (χ3v) is 12.4. The molecule has 2 N–H and O–H groups in total. The molecule has 0 radical (unpaired) electrons. The number of hydrogen-bond donors (Lipinski definition) is 2. The van der Waals surface area contributed by atoms with Gasteiger partial charge in [0.25, 0.3) is 5.91 Å². The molecule has 7 atom stereocenters. The first-order valence-corrected chi connectivity index (χ1v) is 20.6. The SMILES string of the molecule is CC[C@H](C)[C@H](CC(=O)[C@@]1(C)CCCCN1C)C(=O)N(CC)[C@H](C[C@@H](OC(C)=O)c1nc(C(=O)N[C@@H](Cc2ccc(C)cc2)C[C@H](C)C(=O)O)cs1)C(C)C. The summed E-state index contributed by atoms with van der Waals surface area (Å²) < 4.78 is 5.85. The number of carbonyl (C=O) groups excluding carboxylic acids is 4. The monoisotopic (exact) mass is 768 g/mol. The lowest BCUT2D eigenvalue weighted by Crippen LogP contribution is -2.55. The van der Waals surface area contributed by atoms with E-state index in [4.69, 9.17) is 4.74 Å². The third-order valence-electron chi connectivity index (χ3n) is 11.5. The molecule has 2 aromatic rings. The largest absolute Gasteiger partial charge is 0.481 e. The second-order valence-corrected chi connectivity index (χ2v) is 16.8. The predicted octanol–water partition coefficient (Wildman–Crippen LogP) is 7.27. The van der Waals surface area contributed by atoms with Crippen LogP contribution in [-0.4, -0.2) is 87.2 Å². The molecule has 2 heterocycles. The second kappa shape index (κ2) is 20.3. The number of hydrogen-bond acceptors (Lipinski definition) is 9. The van der Waals surface area contributed by atoms with Crippen LogP contribution in [0, 0.1) is 30.6 Å². The molecule has 1 fully saturated rings. The number of esters is 1. The summed E-state index contributed by atoms with van der Waals surface area (Å²) in [6.45, 7) is 18.3. The second-order valence-electron chi connectivity index (χ2n) is 15.9. The molecule has 1 aromatic heterocycles. The zero-order valence-electron chi connectivity index (χ0n) is 34.1. The first-order chi connectivity index (χ1) is 25.4. The molecular weight excluding hydrogens is 705 g/mol.